The second-order valence-corrected chi connectivity index (χ2v) is 8.25. The number of hydrogen-bond donors (Lipinski definition) is 1. The number of carbonyl (C=O) groups is 1. The van der Waals surface area contributed by atoms with E-state index in [1.165, 1.54) is 17.5 Å². The van der Waals surface area contributed by atoms with Crippen LogP contribution in [0.15, 0.2) is 35.6 Å². The highest BCUT2D eigenvalue weighted by molar-refractivity contribution is 5.82. The van der Waals surface area contributed by atoms with Crippen molar-refractivity contribution < 1.29 is 9.53 Å². The van der Waals surface area contributed by atoms with Crippen LogP contribution in [-0.4, -0.2) is 41.3 Å². The molecule has 1 aromatic carbocycles. The van der Waals surface area contributed by atoms with Crippen molar-refractivity contribution in [3.05, 3.63) is 57.9 Å². The first-order valence-corrected chi connectivity index (χ1v) is 11.0. The highest BCUT2D eigenvalue weighted by Gasteiger charge is 2.23. The van der Waals surface area contributed by atoms with Crippen LogP contribution >= 0.6 is 0 Å². The Morgan fingerprint density at radius 1 is 1.23 bits per heavy atom. The average Bonchev–Trinajstić information content (AvgIpc) is 3.21. The molecule has 1 aliphatic heterocycles. The summed E-state index contributed by atoms with van der Waals surface area (Å²) >= 11 is 0. The van der Waals surface area contributed by atoms with E-state index in [1.54, 1.807) is 11.0 Å². The lowest BCUT2D eigenvalue weighted by Gasteiger charge is -2.31. The molecule has 1 aromatic heterocycles. The van der Waals surface area contributed by atoms with Crippen LogP contribution in [0.1, 0.15) is 42.9 Å². The van der Waals surface area contributed by atoms with Crippen molar-refractivity contribution in [3.63, 3.8) is 0 Å². The fourth-order valence-electron chi connectivity index (χ4n) is 4.68. The summed E-state index contributed by atoms with van der Waals surface area (Å²) < 4.78 is 6.93. The first-order chi connectivity index (χ1) is 14.6. The van der Waals surface area contributed by atoms with E-state index >= 15 is 0 Å². The summed E-state index contributed by atoms with van der Waals surface area (Å²) in [7, 11) is 0. The summed E-state index contributed by atoms with van der Waals surface area (Å²) in [6.07, 6.45) is 6.69. The maximum Gasteiger partial charge on any atom is 0.409 e. The van der Waals surface area contributed by atoms with Crippen molar-refractivity contribution in [1.29, 1.82) is 0 Å². The van der Waals surface area contributed by atoms with Gasteiger partial charge >= 0.3 is 6.09 Å². The molecule has 2 heterocycles. The van der Waals surface area contributed by atoms with Gasteiger partial charge in [0.05, 0.1) is 12.1 Å². The smallest absolute Gasteiger partial charge is 0.409 e. The first-order valence-electron chi connectivity index (χ1n) is 11.0. The van der Waals surface area contributed by atoms with Crippen molar-refractivity contribution in [2.45, 2.75) is 58.2 Å². The fourth-order valence-corrected chi connectivity index (χ4v) is 4.68. The molecule has 0 spiro atoms. The number of likely N-dealkylation sites (tertiary alicyclic amines) is 1. The number of allylic oxidation sites excluding steroid dienone is 1. The molecular formula is C24H31N3O3. The van der Waals surface area contributed by atoms with E-state index < -0.39 is 0 Å². The van der Waals surface area contributed by atoms with Crippen molar-refractivity contribution >= 4 is 17.0 Å². The molecule has 0 atom stereocenters. The number of amides is 1. The highest BCUT2D eigenvalue weighted by Crippen LogP contribution is 2.27. The van der Waals surface area contributed by atoms with Gasteiger partial charge in [-0.2, -0.15) is 0 Å². The van der Waals surface area contributed by atoms with Crippen molar-refractivity contribution in [2.75, 3.05) is 19.7 Å². The predicted octanol–water partition coefficient (Wildman–Crippen LogP) is 3.39. The number of ether oxygens (including phenoxy) is 1. The molecule has 160 valence electrons. The van der Waals surface area contributed by atoms with Gasteiger partial charge < -0.3 is 19.5 Å². The Labute approximate surface area is 177 Å². The zero-order valence-electron chi connectivity index (χ0n) is 17.8. The van der Waals surface area contributed by atoms with Gasteiger partial charge in [0.2, 0.25) is 0 Å². The van der Waals surface area contributed by atoms with Gasteiger partial charge in [0, 0.05) is 37.8 Å². The minimum Gasteiger partial charge on any atom is -0.450 e. The molecular weight excluding hydrogens is 378 g/mol. The van der Waals surface area contributed by atoms with E-state index in [9.17, 15) is 9.59 Å². The quantitative estimate of drug-likeness (QED) is 0.743. The number of fused-ring (bicyclic) bond motifs is 2. The molecule has 1 saturated heterocycles. The van der Waals surface area contributed by atoms with Crippen LogP contribution in [0.25, 0.3) is 10.9 Å². The van der Waals surface area contributed by atoms with E-state index in [4.69, 9.17) is 4.74 Å². The topological polar surface area (TPSA) is 63.6 Å². The highest BCUT2D eigenvalue weighted by atomic mass is 16.6. The lowest BCUT2D eigenvalue weighted by Crippen LogP contribution is -2.45. The van der Waals surface area contributed by atoms with Crippen LogP contribution in [0.3, 0.4) is 0 Å². The van der Waals surface area contributed by atoms with Crippen LogP contribution in [0, 0.1) is 0 Å². The lowest BCUT2D eigenvalue weighted by molar-refractivity contribution is 0.0950. The third-order valence-electron chi connectivity index (χ3n) is 6.30. The zero-order chi connectivity index (χ0) is 21.1. The SMILES string of the molecule is C=CCn1c(=O)c(CNC2CCN(C(=O)OCC)CC2)cc2cc3c(cc21)CCC3. The van der Waals surface area contributed by atoms with Crippen molar-refractivity contribution in [1.82, 2.24) is 14.8 Å². The van der Waals surface area contributed by atoms with Crippen LogP contribution in [0.4, 0.5) is 4.79 Å². The molecule has 4 rings (SSSR count). The van der Waals surface area contributed by atoms with Gasteiger partial charge in [-0.15, -0.1) is 6.58 Å². The number of nitrogens with zero attached hydrogens (tertiary/aromatic N) is 2. The molecule has 1 amide bonds. The molecule has 30 heavy (non-hydrogen) atoms. The summed E-state index contributed by atoms with van der Waals surface area (Å²) in [6, 6.07) is 6.80. The number of rotatable bonds is 6. The van der Waals surface area contributed by atoms with Crippen LogP contribution < -0.4 is 10.9 Å². The molecule has 2 aromatic rings. The van der Waals surface area contributed by atoms with Crippen LogP contribution in [0.5, 0.6) is 0 Å². The summed E-state index contributed by atoms with van der Waals surface area (Å²) in [5.74, 6) is 0. The molecule has 0 bridgehead atoms. The number of pyridine rings is 1. The van der Waals surface area contributed by atoms with Crippen molar-refractivity contribution in [2.24, 2.45) is 0 Å². The van der Waals surface area contributed by atoms with Crippen LogP contribution in [-0.2, 0) is 30.7 Å². The van der Waals surface area contributed by atoms with Gasteiger partial charge in [0.1, 0.15) is 0 Å². The second-order valence-electron chi connectivity index (χ2n) is 8.25. The predicted molar refractivity (Wildman–Crippen MR) is 119 cm³/mol. The Kier molecular flexibility index (Phi) is 6.23. The number of nitrogens with one attached hydrogen (secondary N) is 1. The molecule has 0 radical (unpaired) electrons. The third-order valence-corrected chi connectivity index (χ3v) is 6.30. The molecule has 6 nitrogen and oxygen atoms in total. The first kappa shape index (κ1) is 20.7. The number of benzene rings is 1. The zero-order valence-corrected chi connectivity index (χ0v) is 17.8. The summed E-state index contributed by atoms with van der Waals surface area (Å²) in [5.41, 5.74) is 4.63. The monoisotopic (exact) mass is 409 g/mol. The van der Waals surface area contributed by atoms with E-state index in [0.717, 1.165) is 42.1 Å². The normalized spacial score (nSPS) is 16.6. The minimum atomic E-state index is -0.231. The van der Waals surface area contributed by atoms with Gasteiger partial charge in [-0.05, 0) is 73.7 Å². The van der Waals surface area contributed by atoms with Crippen molar-refractivity contribution in [3.8, 4) is 0 Å². The Bertz CT molecular complexity index is 1000. The number of piperidine rings is 1. The number of aryl methyl sites for hydroxylation is 2. The Morgan fingerprint density at radius 2 is 1.97 bits per heavy atom. The Hall–Kier alpha value is -2.60. The molecule has 1 N–H and O–H groups in total. The van der Waals surface area contributed by atoms with E-state index in [0.29, 0.717) is 38.8 Å². The third kappa shape index (κ3) is 4.15. The summed E-state index contributed by atoms with van der Waals surface area (Å²) in [5, 5.41) is 4.67. The number of aromatic nitrogens is 1. The molecule has 6 heteroatoms. The average molecular weight is 410 g/mol. The van der Waals surface area contributed by atoms with Gasteiger partial charge in [-0.1, -0.05) is 6.08 Å². The molecule has 0 saturated carbocycles. The Balaban J connectivity index is 1.50. The molecule has 1 aliphatic carbocycles. The summed E-state index contributed by atoms with van der Waals surface area (Å²) in [4.78, 5) is 26.8. The minimum absolute atomic E-state index is 0.0526. The molecule has 1 fully saturated rings. The van der Waals surface area contributed by atoms with Gasteiger partial charge in [-0.25, -0.2) is 4.79 Å². The van der Waals surface area contributed by atoms with E-state index in [-0.39, 0.29) is 11.7 Å². The molecule has 2 aliphatic rings. The van der Waals surface area contributed by atoms with E-state index in [1.807, 2.05) is 11.5 Å². The largest absolute Gasteiger partial charge is 0.450 e. The lowest BCUT2D eigenvalue weighted by atomic mass is 10.0. The van der Waals surface area contributed by atoms with Crippen LogP contribution in [0.2, 0.25) is 0 Å². The number of hydrogen-bond acceptors (Lipinski definition) is 4. The molecule has 0 unspecified atom stereocenters. The maximum atomic E-state index is 13.2. The van der Waals surface area contributed by atoms with Gasteiger partial charge in [0.25, 0.3) is 5.56 Å². The number of carbonyl (C=O) groups excluding carboxylic acids is 1. The maximum absolute atomic E-state index is 13.2. The second kappa shape index (κ2) is 9.04. The standard InChI is InChI=1S/C24H31N3O3/c1-3-10-27-22-15-18-7-5-6-17(18)13-19(22)14-20(23(27)28)16-25-21-8-11-26(12-9-21)24(29)30-4-2/h3,13-15,21,25H,1,4-12,16H2,2H3. The Morgan fingerprint density at radius 3 is 2.67 bits per heavy atom. The van der Waals surface area contributed by atoms with E-state index in [2.05, 4.69) is 30.1 Å². The van der Waals surface area contributed by atoms with Gasteiger partial charge in [-0.3, -0.25) is 4.79 Å². The van der Waals surface area contributed by atoms with Gasteiger partial charge in [0.15, 0.2) is 0 Å². The summed E-state index contributed by atoms with van der Waals surface area (Å²) in [6.45, 7) is 8.48. The fraction of sp³-hybridized carbons (Fsp3) is 0.500.